The Balaban J connectivity index is 1.60. The van der Waals surface area contributed by atoms with Gasteiger partial charge in [0.15, 0.2) is 0 Å². The van der Waals surface area contributed by atoms with Gasteiger partial charge in [0, 0.05) is 21.2 Å². The molecule has 0 aliphatic heterocycles. The molecule has 0 bridgehead atoms. The Morgan fingerprint density at radius 1 is 1.24 bits per heavy atom. The first-order valence-corrected chi connectivity index (χ1v) is 11.3. The Kier molecular flexibility index (Phi) is 6.32. The highest BCUT2D eigenvalue weighted by molar-refractivity contribution is 9.10. The first-order chi connectivity index (χ1) is 12.1. The maximum Gasteiger partial charge on any atom is 0.232 e. The molecule has 0 atom stereocenters. The lowest BCUT2D eigenvalue weighted by molar-refractivity contribution is -0.115. The van der Waals surface area contributed by atoms with E-state index < -0.39 is 0 Å². The molecule has 0 unspecified atom stereocenters. The summed E-state index contributed by atoms with van der Waals surface area (Å²) in [5.74, 6) is 0.297. The lowest BCUT2D eigenvalue weighted by atomic mass is 10.1. The van der Waals surface area contributed by atoms with Gasteiger partial charge in [-0.2, -0.15) is 0 Å². The van der Waals surface area contributed by atoms with Crippen molar-refractivity contribution in [3.05, 3.63) is 32.0 Å². The van der Waals surface area contributed by atoms with E-state index in [9.17, 15) is 4.79 Å². The minimum absolute atomic E-state index is 0.114. The molecule has 1 amide bonds. The van der Waals surface area contributed by atoms with Gasteiger partial charge in [-0.1, -0.05) is 25.2 Å². The number of halogens is 1. The zero-order valence-electron chi connectivity index (χ0n) is 13.8. The van der Waals surface area contributed by atoms with Crippen LogP contribution in [0.3, 0.4) is 0 Å². The molecule has 0 saturated carbocycles. The molecule has 0 aliphatic carbocycles. The van der Waals surface area contributed by atoms with Crippen LogP contribution < -0.4 is 5.32 Å². The second-order valence-electron chi connectivity index (χ2n) is 5.46. The maximum atomic E-state index is 12.2. The van der Waals surface area contributed by atoms with Gasteiger partial charge in [-0.3, -0.25) is 4.79 Å². The van der Waals surface area contributed by atoms with E-state index >= 15 is 0 Å². The monoisotopic (exact) mass is 456 g/mol. The van der Waals surface area contributed by atoms with Crippen LogP contribution in [0.25, 0.3) is 9.88 Å². The topological polar surface area (TPSA) is 67.8 Å². The Morgan fingerprint density at radius 3 is 2.72 bits per heavy atom. The van der Waals surface area contributed by atoms with Crippen LogP contribution in [-0.2, 0) is 11.2 Å². The number of rotatable bonds is 7. The largest absolute Gasteiger partial charge is 0.300 e. The van der Waals surface area contributed by atoms with Gasteiger partial charge in [-0.25, -0.2) is 4.98 Å². The van der Waals surface area contributed by atoms with E-state index in [4.69, 9.17) is 0 Å². The summed E-state index contributed by atoms with van der Waals surface area (Å²) in [7, 11) is 0. The highest BCUT2D eigenvalue weighted by Gasteiger charge is 2.16. The lowest BCUT2D eigenvalue weighted by Crippen LogP contribution is -2.14. The van der Waals surface area contributed by atoms with E-state index in [-0.39, 0.29) is 12.3 Å². The van der Waals surface area contributed by atoms with Crippen LogP contribution in [0.4, 0.5) is 5.13 Å². The summed E-state index contributed by atoms with van der Waals surface area (Å²) in [6.07, 6.45) is 2.29. The molecule has 0 spiro atoms. The molecule has 132 valence electrons. The normalized spacial score (nSPS) is 11.2. The van der Waals surface area contributed by atoms with Crippen molar-refractivity contribution in [2.24, 2.45) is 0 Å². The SMILES string of the molecule is CCC(CC)c1nnc(NC(=O)Cc2csc(-c3cc(Br)cs3)n2)s1. The third kappa shape index (κ3) is 4.72. The smallest absolute Gasteiger partial charge is 0.232 e. The van der Waals surface area contributed by atoms with Crippen LogP contribution in [0.2, 0.25) is 0 Å². The molecule has 25 heavy (non-hydrogen) atoms. The van der Waals surface area contributed by atoms with E-state index in [1.165, 1.54) is 11.3 Å². The average molecular weight is 457 g/mol. The molecule has 0 aromatic carbocycles. The van der Waals surface area contributed by atoms with E-state index in [1.54, 1.807) is 22.7 Å². The number of amides is 1. The van der Waals surface area contributed by atoms with Crippen LogP contribution in [0.15, 0.2) is 21.3 Å². The number of anilines is 1. The first kappa shape index (κ1) is 18.6. The molecular formula is C16H17BrN4OS3. The van der Waals surface area contributed by atoms with E-state index in [2.05, 4.69) is 50.3 Å². The number of aromatic nitrogens is 3. The number of thiophene rings is 1. The van der Waals surface area contributed by atoms with Crippen molar-refractivity contribution >= 4 is 61.0 Å². The highest BCUT2D eigenvalue weighted by atomic mass is 79.9. The second-order valence-corrected chi connectivity index (χ2v) is 9.15. The highest BCUT2D eigenvalue weighted by Crippen LogP contribution is 2.32. The molecule has 9 heteroatoms. The third-order valence-corrected chi connectivity index (χ3v) is 7.45. The number of hydrogen-bond donors (Lipinski definition) is 1. The number of carbonyl (C=O) groups is 1. The molecule has 0 aliphatic rings. The van der Waals surface area contributed by atoms with Crippen molar-refractivity contribution in [2.75, 3.05) is 5.32 Å². The summed E-state index contributed by atoms with van der Waals surface area (Å²) in [5.41, 5.74) is 0.770. The van der Waals surface area contributed by atoms with Gasteiger partial charge in [-0.05, 0) is 34.8 Å². The summed E-state index contributed by atoms with van der Waals surface area (Å²) < 4.78 is 1.05. The minimum atomic E-state index is -0.114. The van der Waals surface area contributed by atoms with Crippen LogP contribution in [0, 0.1) is 0 Å². The van der Waals surface area contributed by atoms with Crippen molar-refractivity contribution in [3.8, 4) is 9.88 Å². The maximum absolute atomic E-state index is 12.2. The number of thiazole rings is 1. The van der Waals surface area contributed by atoms with E-state index in [0.717, 1.165) is 37.9 Å². The summed E-state index contributed by atoms with van der Waals surface area (Å²) in [5, 5.41) is 17.6. The van der Waals surface area contributed by atoms with Gasteiger partial charge in [0.2, 0.25) is 11.0 Å². The Bertz CT molecular complexity index is 853. The number of nitrogens with one attached hydrogen (secondary N) is 1. The summed E-state index contributed by atoms with van der Waals surface area (Å²) >= 11 is 8.09. The Morgan fingerprint density at radius 2 is 2.04 bits per heavy atom. The first-order valence-electron chi connectivity index (χ1n) is 7.91. The van der Waals surface area contributed by atoms with Gasteiger partial charge in [0.25, 0.3) is 0 Å². The molecule has 3 aromatic heterocycles. The van der Waals surface area contributed by atoms with Crippen LogP contribution in [0.1, 0.15) is 43.3 Å². The lowest BCUT2D eigenvalue weighted by Gasteiger charge is -2.05. The van der Waals surface area contributed by atoms with Gasteiger partial charge in [0.1, 0.15) is 10.0 Å². The molecule has 0 saturated heterocycles. The van der Waals surface area contributed by atoms with Gasteiger partial charge >= 0.3 is 0 Å². The summed E-state index contributed by atoms with van der Waals surface area (Å²) in [4.78, 5) is 17.9. The second kappa shape index (κ2) is 8.48. The number of nitrogens with zero attached hydrogens (tertiary/aromatic N) is 3. The molecule has 0 radical (unpaired) electrons. The van der Waals surface area contributed by atoms with Crippen LogP contribution in [-0.4, -0.2) is 21.1 Å². The Labute approximate surface area is 166 Å². The van der Waals surface area contributed by atoms with E-state index in [1.807, 2.05) is 16.8 Å². The molecular weight excluding hydrogens is 440 g/mol. The standard InChI is InChI=1S/C16H17BrN4OS3/c1-3-9(4-2)14-20-21-16(25-14)19-13(22)6-11-8-24-15(18-11)12-5-10(17)7-23-12/h5,7-9H,3-4,6H2,1-2H3,(H,19,21,22). The predicted molar refractivity (Wildman–Crippen MR) is 109 cm³/mol. The van der Waals surface area contributed by atoms with E-state index in [0.29, 0.717) is 11.0 Å². The van der Waals surface area contributed by atoms with Crippen LogP contribution in [0.5, 0.6) is 0 Å². The predicted octanol–water partition coefficient (Wildman–Crippen LogP) is 5.57. The Hall–Kier alpha value is -1.16. The molecule has 1 N–H and O–H groups in total. The van der Waals surface area contributed by atoms with Gasteiger partial charge in [0.05, 0.1) is 17.0 Å². The van der Waals surface area contributed by atoms with Crippen molar-refractivity contribution in [3.63, 3.8) is 0 Å². The third-order valence-electron chi connectivity index (χ3n) is 3.69. The zero-order valence-corrected chi connectivity index (χ0v) is 17.8. The minimum Gasteiger partial charge on any atom is -0.300 e. The van der Waals surface area contributed by atoms with Crippen molar-refractivity contribution in [1.82, 2.24) is 15.2 Å². The zero-order chi connectivity index (χ0) is 17.8. The molecule has 3 aromatic rings. The fraction of sp³-hybridized carbons (Fsp3) is 0.375. The fourth-order valence-corrected chi connectivity index (χ4v) is 5.70. The van der Waals surface area contributed by atoms with Crippen molar-refractivity contribution < 1.29 is 4.79 Å². The number of hydrogen-bond acceptors (Lipinski definition) is 7. The molecule has 3 rings (SSSR count). The van der Waals surface area contributed by atoms with Gasteiger partial charge < -0.3 is 5.32 Å². The quantitative estimate of drug-likeness (QED) is 0.504. The van der Waals surface area contributed by atoms with Crippen molar-refractivity contribution in [2.45, 2.75) is 39.0 Å². The number of carbonyl (C=O) groups excluding carboxylic acids is 1. The summed E-state index contributed by atoms with van der Waals surface area (Å²) in [6, 6.07) is 2.04. The molecule has 3 heterocycles. The van der Waals surface area contributed by atoms with Crippen molar-refractivity contribution in [1.29, 1.82) is 0 Å². The molecule has 0 fully saturated rings. The summed E-state index contributed by atoms with van der Waals surface area (Å²) in [6.45, 7) is 4.28. The fourth-order valence-electron chi connectivity index (χ4n) is 2.34. The molecule has 5 nitrogen and oxygen atoms in total. The van der Waals surface area contributed by atoms with Gasteiger partial charge in [-0.15, -0.1) is 32.9 Å². The average Bonchev–Trinajstić information content (AvgIpc) is 3.30. The van der Waals surface area contributed by atoms with Crippen LogP contribution >= 0.6 is 49.9 Å².